The molecule has 2 aromatic carbocycles. The maximum atomic E-state index is 12.5. The second-order valence-corrected chi connectivity index (χ2v) is 7.18. The first-order chi connectivity index (χ1) is 12.6. The van der Waals surface area contributed by atoms with E-state index in [1.54, 1.807) is 0 Å². The van der Waals surface area contributed by atoms with Crippen molar-refractivity contribution in [2.45, 2.75) is 37.7 Å². The van der Waals surface area contributed by atoms with E-state index in [-0.39, 0.29) is 12.5 Å². The fourth-order valence-electron chi connectivity index (χ4n) is 3.49. The van der Waals surface area contributed by atoms with Crippen LogP contribution in [0.2, 0.25) is 0 Å². The number of hydrogen-bond donors (Lipinski definition) is 2. The van der Waals surface area contributed by atoms with Crippen molar-refractivity contribution >= 4 is 5.91 Å². The first-order valence-corrected chi connectivity index (χ1v) is 9.35. The van der Waals surface area contributed by atoms with E-state index in [0.717, 1.165) is 12.0 Å². The molecule has 0 radical (unpaired) electrons. The van der Waals surface area contributed by atoms with Crippen LogP contribution in [0, 0.1) is 0 Å². The number of aliphatic hydroxyl groups is 2. The fourth-order valence-corrected chi connectivity index (χ4v) is 3.49. The summed E-state index contributed by atoms with van der Waals surface area (Å²) < 4.78 is 0. The summed E-state index contributed by atoms with van der Waals surface area (Å²) in [5.41, 5.74) is 2.50. The predicted molar refractivity (Wildman–Crippen MR) is 103 cm³/mol. The third-order valence-electron chi connectivity index (χ3n) is 5.25. The summed E-state index contributed by atoms with van der Waals surface area (Å²) >= 11 is 0. The smallest absolute Gasteiger partial charge is 0.222 e. The van der Waals surface area contributed by atoms with Gasteiger partial charge in [0, 0.05) is 19.5 Å². The summed E-state index contributed by atoms with van der Waals surface area (Å²) in [6, 6.07) is 18.6. The lowest BCUT2D eigenvalue weighted by Crippen LogP contribution is -2.36. The molecule has 0 aliphatic carbocycles. The third-order valence-corrected chi connectivity index (χ3v) is 5.25. The van der Waals surface area contributed by atoms with Crippen molar-refractivity contribution in [2.75, 3.05) is 19.7 Å². The van der Waals surface area contributed by atoms with E-state index in [1.807, 2.05) is 23.1 Å². The Labute approximate surface area is 155 Å². The lowest BCUT2D eigenvalue weighted by Gasteiger charge is -2.24. The van der Waals surface area contributed by atoms with Gasteiger partial charge < -0.3 is 15.1 Å². The van der Waals surface area contributed by atoms with Crippen molar-refractivity contribution in [1.82, 2.24) is 4.90 Å². The van der Waals surface area contributed by atoms with Crippen LogP contribution >= 0.6 is 0 Å². The predicted octanol–water partition coefficient (Wildman–Crippen LogP) is 3.02. The Balaban J connectivity index is 1.53. The van der Waals surface area contributed by atoms with E-state index in [9.17, 15) is 15.0 Å². The third kappa shape index (κ3) is 4.71. The molecule has 1 amide bonds. The number of aliphatic hydroxyl groups excluding tert-OH is 1. The number of amides is 1. The van der Waals surface area contributed by atoms with Crippen LogP contribution in [0.5, 0.6) is 0 Å². The molecule has 0 aromatic heterocycles. The molecule has 0 spiro atoms. The first-order valence-electron chi connectivity index (χ1n) is 9.35. The highest BCUT2D eigenvalue weighted by Gasteiger charge is 2.30. The van der Waals surface area contributed by atoms with Crippen molar-refractivity contribution in [3.8, 4) is 11.1 Å². The number of carbonyl (C=O) groups excluding carboxylic acids is 1. The van der Waals surface area contributed by atoms with Gasteiger partial charge >= 0.3 is 0 Å². The minimum atomic E-state index is -1.03. The summed E-state index contributed by atoms with van der Waals surface area (Å²) in [4.78, 5) is 14.3. The van der Waals surface area contributed by atoms with Crippen molar-refractivity contribution in [1.29, 1.82) is 0 Å². The van der Waals surface area contributed by atoms with Crippen LogP contribution in [0.4, 0.5) is 0 Å². The van der Waals surface area contributed by atoms with Crippen LogP contribution in [0.25, 0.3) is 11.1 Å². The Kier molecular flexibility index (Phi) is 6.07. The molecule has 1 fully saturated rings. The Morgan fingerprint density at radius 1 is 0.962 bits per heavy atom. The zero-order valence-electron chi connectivity index (χ0n) is 15.1. The number of aryl methyl sites for hydroxylation is 1. The van der Waals surface area contributed by atoms with Gasteiger partial charge in [0.25, 0.3) is 0 Å². The molecule has 1 aliphatic rings. The Morgan fingerprint density at radius 3 is 2.35 bits per heavy atom. The zero-order chi connectivity index (χ0) is 18.4. The molecule has 2 aromatic rings. The number of carbonyl (C=O) groups is 1. The van der Waals surface area contributed by atoms with E-state index >= 15 is 0 Å². The molecule has 1 heterocycles. The Bertz CT molecular complexity index is 714. The molecule has 1 aliphatic heterocycles. The highest BCUT2D eigenvalue weighted by atomic mass is 16.3. The average molecular weight is 353 g/mol. The number of nitrogens with zero attached hydrogens (tertiary/aromatic N) is 1. The molecular formula is C22H27NO3. The highest BCUT2D eigenvalue weighted by molar-refractivity contribution is 5.76. The van der Waals surface area contributed by atoms with Crippen molar-refractivity contribution in [2.24, 2.45) is 0 Å². The maximum Gasteiger partial charge on any atom is 0.222 e. The van der Waals surface area contributed by atoms with E-state index in [4.69, 9.17) is 0 Å². The summed E-state index contributed by atoms with van der Waals surface area (Å²) in [6.07, 6.45) is 2.92. The molecule has 2 N–H and O–H groups in total. The van der Waals surface area contributed by atoms with Gasteiger partial charge in [-0.15, -0.1) is 0 Å². The molecule has 1 atom stereocenters. The largest absolute Gasteiger partial charge is 0.393 e. The summed E-state index contributed by atoms with van der Waals surface area (Å²) in [5, 5.41) is 19.5. The van der Waals surface area contributed by atoms with Crippen LogP contribution < -0.4 is 0 Å². The van der Waals surface area contributed by atoms with E-state index in [0.29, 0.717) is 38.8 Å². The number of likely N-dealkylation sites (tertiary alicyclic amines) is 1. The van der Waals surface area contributed by atoms with Gasteiger partial charge in [-0.05, 0) is 42.4 Å². The molecule has 0 saturated carbocycles. The van der Waals surface area contributed by atoms with Crippen LogP contribution in [0.1, 0.15) is 31.2 Å². The van der Waals surface area contributed by atoms with Crippen molar-refractivity contribution < 1.29 is 15.0 Å². The Morgan fingerprint density at radius 2 is 1.65 bits per heavy atom. The van der Waals surface area contributed by atoms with Crippen LogP contribution in [-0.2, 0) is 11.2 Å². The fraction of sp³-hybridized carbons (Fsp3) is 0.409. The van der Waals surface area contributed by atoms with Crippen molar-refractivity contribution in [3.05, 3.63) is 60.2 Å². The van der Waals surface area contributed by atoms with E-state index < -0.39 is 5.60 Å². The molecule has 4 nitrogen and oxygen atoms in total. The zero-order valence-corrected chi connectivity index (χ0v) is 15.1. The first kappa shape index (κ1) is 18.6. The number of rotatable bonds is 5. The molecule has 26 heavy (non-hydrogen) atoms. The summed E-state index contributed by atoms with van der Waals surface area (Å²) in [5.74, 6) is 0.124. The standard InChI is InChI=1S/C22H27NO3/c24-17-22(26)13-4-15-23(16-14-22)21(25)12-9-18-7-10-20(11-8-18)19-5-2-1-3-6-19/h1-3,5-8,10-11,24,26H,4,9,12-17H2/t22-/m1/s1. The van der Waals surface area contributed by atoms with Gasteiger partial charge in [-0.2, -0.15) is 0 Å². The van der Waals surface area contributed by atoms with Crippen LogP contribution in [-0.4, -0.2) is 46.3 Å². The number of hydrogen-bond acceptors (Lipinski definition) is 3. The molecule has 0 bridgehead atoms. The minimum Gasteiger partial charge on any atom is -0.393 e. The maximum absolute atomic E-state index is 12.5. The normalized spacial score (nSPS) is 20.6. The SMILES string of the molecule is O=C(CCc1ccc(-c2ccccc2)cc1)N1CCC[C@](O)(CO)CC1. The molecule has 4 heteroatoms. The van der Waals surface area contributed by atoms with Gasteiger partial charge in [-0.25, -0.2) is 0 Å². The van der Waals surface area contributed by atoms with E-state index in [1.165, 1.54) is 11.1 Å². The van der Waals surface area contributed by atoms with Gasteiger partial charge in [0.1, 0.15) is 0 Å². The molecule has 0 unspecified atom stereocenters. The number of benzene rings is 2. The average Bonchev–Trinajstić information content (AvgIpc) is 2.90. The monoisotopic (exact) mass is 353 g/mol. The minimum absolute atomic E-state index is 0.124. The van der Waals surface area contributed by atoms with Gasteiger partial charge in [0.05, 0.1) is 12.2 Å². The Hall–Kier alpha value is -2.17. The summed E-state index contributed by atoms with van der Waals surface area (Å²) in [7, 11) is 0. The molecular weight excluding hydrogens is 326 g/mol. The molecule has 1 saturated heterocycles. The van der Waals surface area contributed by atoms with Crippen molar-refractivity contribution in [3.63, 3.8) is 0 Å². The lowest BCUT2D eigenvalue weighted by atomic mass is 9.96. The van der Waals surface area contributed by atoms with E-state index in [2.05, 4.69) is 36.4 Å². The molecule has 138 valence electrons. The van der Waals surface area contributed by atoms with Gasteiger partial charge in [-0.3, -0.25) is 4.79 Å². The quantitative estimate of drug-likeness (QED) is 0.869. The van der Waals surface area contributed by atoms with Crippen LogP contribution in [0.15, 0.2) is 54.6 Å². The molecule has 3 rings (SSSR count). The van der Waals surface area contributed by atoms with Gasteiger partial charge in [0.15, 0.2) is 0 Å². The van der Waals surface area contributed by atoms with Gasteiger partial charge in [0.2, 0.25) is 5.91 Å². The second kappa shape index (κ2) is 8.47. The topological polar surface area (TPSA) is 60.8 Å². The lowest BCUT2D eigenvalue weighted by molar-refractivity contribution is -0.131. The second-order valence-electron chi connectivity index (χ2n) is 7.18. The van der Waals surface area contributed by atoms with Gasteiger partial charge in [-0.1, -0.05) is 54.6 Å². The summed E-state index contributed by atoms with van der Waals surface area (Å²) in [6.45, 7) is 0.944. The van der Waals surface area contributed by atoms with Crippen LogP contribution in [0.3, 0.4) is 0 Å². The highest BCUT2D eigenvalue weighted by Crippen LogP contribution is 2.23.